The number of amides is 1. The Morgan fingerprint density at radius 3 is 2.63 bits per heavy atom. The normalized spacial score (nSPS) is 10.2. The van der Waals surface area contributed by atoms with E-state index in [-0.39, 0.29) is 40.8 Å². The Morgan fingerprint density at radius 2 is 2.00 bits per heavy atom. The van der Waals surface area contributed by atoms with Crippen molar-refractivity contribution in [2.75, 3.05) is 30.8 Å². The van der Waals surface area contributed by atoms with E-state index in [1.807, 2.05) is 31.9 Å². The van der Waals surface area contributed by atoms with E-state index in [1.54, 1.807) is 38.1 Å². The molecule has 0 spiro atoms. The van der Waals surface area contributed by atoms with Gasteiger partial charge in [-0.1, -0.05) is 28.9 Å². The van der Waals surface area contributed by atoms with Crippen molar-refractivity contribution in [3.05, 3.63) is 55.6 Å². The predicted molar refractivity (Wildman–Crippen MR) is 137 cm³/mol. The minimum absolute atomic E-state index is 0.115. The molecule has 0 aliphatic carbocycles. The second kappa shape index (κ2) is 13.1. The first-order chi connectivity index (χ1) is 16.7. The molecule has 0 saturated heterocycles. The summed E-state index contributed by atoms with van der Waals surface area (Å²) in [7, 11) is 1.89. The first-order valence-corrected chi connectivity index (χ1v) is 11.9. The van der Waals surface area contributed by atoms with Crippen LogP contribution in [0.15, 0.2) is 40.8 Å². The average Bonchev–Trinajstić information content (AvgIpc) is 3.11. The summed E-state index contributed by atoms with van der Waals surface area (Å²) in [5.41, 5.74) is 6.32. The SMILES string of the molecule is CCOC(=O)C(=C=c1sc(=C=CNc2cccc(NC(=O)CN(C)C(C)C)c2)c(=O)n1CC)C#N. The molecule has 0 radical (unpaired) electrons. The minimum atomic E-state index is -0.788. The Kier molecular flexibility index (Phi) is 10.3. The number of hydrogen-bond acceptors (Lipinski definition) is 8. The van der Waals surface area contributed by atoms with Crippen LogP contribution in [0.3, 0.4) is 0 Å². The first kappa shape index (κ1) is 27.4. The van der Waals surface area contributed by atoms with Crippen LogP contribution in [-0.4, -0.2) is 47.6 Å². The number of carbonyl (C=O) groups excluding carboxylic acids is 2. The van der Waals surface area contributed by atoms with Crippen LogP contribution >= 0.6 is 11.3 Å². The molecule has 0 fully saturated rings. The van der Waals surface area contributed by atoms with Gasteiger partial charge in [-0.15, -0.1) is 0 Å². The van der Waals surface area contributed by atoms with Crippen molar-refractivity contribution < 1.29 is 14.3 Å². The lowest BCUT2D eigenvalue weighted by molar-refractivity contribution is -0.137. The number of anilines is 2. The van der Waals surface area contributed by atoms with E-state index in [2.05, 4.69) is 22.1 Å². The standard InChI is InChI=1S/C25H29N5O4S/c1-6-30-23(13-18(15-26)25(33)34-7-2)35-21(24(30)32)11-12-27-19-9-8-10-20(14-19)28-22(31)16-29(5)17(3)4/h8-10,12,14,17,27H,6-7,16H2,1-5H3,(H,28,31). The van der Waals surface area contributed by atoms with Gasteiger partial charge in [0.05, 0.1) is 13.2 Å². The summed E-state index contributed by atoms with van der Waals surface area (Å²) < 4.78 is 6.86. The number of esters is 1. The van der Waals surface area contributed by atoms with E-state index in [4.69, 9.17) is 4.74 Å². The van der Waals surface area contributed by atoms with Crippen molar-refractivity contribution in [2.45, 2.75) is 40.3 Å². The zero-order valence-corrected chi connectivity index (χ0v) is 21.3. The summed E-state index contributed by atoms with van der Waals surface area (Å²) in [6, 6.07) is 9.19. The van der Waals surface area contributed by atoms with E-state index >= 15 is 0 Å². The number of nitriles is 1. The summed E-state index contributed by atoms with van der Waals surface area (Å²) in [5.74, 6) is -0.903. The highest BCUT2D eigenvalue weighted by Crippen LogP contribution is 2.15. The molecule has 1 heterocycles. The smallest absolute Gasteiger partial charge is 0.357 e. The van der Waals surface area contributed by atoms with Crippen LogP contribution in [0.1, 0.15) is 27.7 Å². The fourth-order valence-corrected chi connectivity index (χ4v) is 3.78. The van der Waals surface area contributed by atoms with E-state index in [0.29, 0.717) is 22.6 Å². The molecule has 1 aromatic carbocycles. The van der Waals surface area contributed by atoms with Gasteiger partial charge in [0, 0.05) is 30.2 Å². The molecule has 9 nitrogen and oxygen atoms in total. The Bertz CT molecular complexity index is 1370. The summed E-state index contributed by atoms with van der Waals surface area (Å²) in [6.45, 7) is 8.20. The maximum absolute atomic E-state index is 12.7. The average molecular weight is 496 g/mol. The lowest BCUT2D eigenvalue weighted by atomic mass is 10.2. The zero-order chi connectivity index (χ0) is 26.0. The van der Waals surface area contributed by atoms with Crippen LogP contribution in [0, 0.1) is 11.3 Å². The van der Waals surface area contributed by atoms with E-state index in [9.17, 15) is 19.6 Å². The van der Waals surface area contributed by atoms with Crippen molar-refractivity contribution in [3.8, 4) is 6.07 Å². The molecule has 0 atom stereocenters. The molecule has 0 aliphatic rings. The van der Waals surface area contributed by atoms with Gasteiger partial charge in [0.2, 0.25) is 5.91 Å². The lowest BCUT2D eigenvalue weighted by Crippen LogP contribution is -2.34. The van der Waals surface area contributed by atoms with Crippen LogP contribution in [0.2, 0.25) is 0 Å². The third-order valence-corrected chi connectivity index (χ3v) is 5.90. The van der Waals surface area contributed by atoms with Gasteiger partial charge in [0.1, 0.15) is 15.3 Å². The molecule has 0 aliphatic heterocycles. The molecule has 10 heteroatoms. The molecular formula is C25H29N5O4S. The van der Waals surface area contributed by atoms with Gasteiger partial charge < -0.3 is 15.4 Å². The van der Waals surface area contributed by atoms with Crippen LogP contribution < -0.4 is 25.4 Å². The van der Waals surface area contributed by atoms with Crippen LogP contribution in [-0.2, 0) is 20.9 Å². The highest BCUT2D eigenvalue weighted by Gasteiger charge is 2.11. The molecule has 0 saturated carbocycles. The number of thiazole rings is 1. The number of aromatic nitrogens is 1. The van der Waals surface area contributed by atoms with Gasteiger partial charge >= 0.3 is 5.97 Å². The summed E-state index contributed by atoms with van der Waals surface area (Å²) in [5, 5.41) is 15.1. The van der Waals surface area contributed by atoms with Gasteiger partial charge in [-0.25, -0.2) is 4.79 Å². The summed E-state index contributed by atoms with van der Waals surface area (Å²) >= 11 is 1.06. The van der Waals surface area contributed by atoms with Crippen molar-refractivity contribution in [1.29, 1.82) is 5.26 Å². The number of carbonyl (C=O) groups is 2. The lowest BCUT2D eigenvalue weighted by Gasteiger charge is -2.20. The quantitative estimate of drug-likeness (QED) is 0.308. The molecule has 2 rings (SSSR count). The molecule has 35 heavy (non-hydrogen) atoms. The number of nitrogens with zero attached hydrogens (tertiary/aromatic N) is 3. The Hall–Kier alpha value is -3.86. The Labute approximate surface area is 207 Å². The highest BCUT2D eigenvalue weighted by atomic mass is 32.1. The molecule has 0 bridgehead atoms. The van der Waals surface area contributed by atoms with Gasteiger partial charge in [-0.2, -0.15) is 5.26 Å². The number of hydrogen-bond donors (Lipinski definition) is 2. The summed E-state index contributed by atoms with van der Waals surface area (Å²) in [6.07, 6.45) is 1.49. The summed E-state index contributed by atoms with van der Waals surface area (Å²) in [4.78, 5) is 38.8. The topological polar surface area (TPSA) is 116 Å². The van der Waals surface area contributed by atoms with E-state index in [1.165, 1.54) is 10.8 Å². The second-order valence-corrected chi connectivity index (χ2v) is 8.69. The van der Waals surface area contributed by atoms with Crippen molar-refractivity contribution in [3.63, 3.8) is 0 Å². The fraction of sp³-hybridized carbons (Fsp3) is 0.360. The van der Waals surface area contributed by atoms with Crippen LogP contribution in [0.25, 0.3) is 11.5 Å². The van der Waals surface area contributed by atoms with Gasteiger partial charge in [0.25, 0.3) is 5.56 Å². The molecule has 1 amide bonds. The number of nitrogens with one attached hydrogen (secondary N) is 2. The van der Waals surface area contributed by atoms with Crippen LogP contribution in [0.5, 0.6) is 0 Å². The van der Waals surface area contributed by atoms with Crippen molar-refractivity contribution >= 4 is 46.1 Å². The maximum Gasteiger partial charge on any atom is 0.357 e. The Balaban J connectivity index is 2.33. The number of benzene rings is 1. The largest absolute Gasteiger partial charge is 0.461 e. The third kappa shape index (κ3) is 7.85. The number of ether oxygens (including phenoxy) is 1. The van der Waals surface area contributed by atoms with Crippen LogP contribution in [0.4, 0.5) is 11.4 Å². The monoisotopic (exact) mass is 495 g/mol. The van der Waals surface area contributed by atoms with E-state index < -0.39 is 5.97 Å². The van der Waals surface area contributed by atoms with Gasteiger partial charge in [-0.3, -0.25) is 19.1 Å². The second-order valence-electron chi connectivity index (χ2n) is 7.69. The minimum Gasteiger partial charge on any atom is -0.461 e. The number of rotatable bonds is 9. The number of likely N-dealkylation sites (N-methyl/N-ethyl adjacent to an activating group) is 1. The van der Waals surface area contributed by atoms with Gasteiger partial charge in [0.15, 0.2) is 5.57 Å². The predicted octanol–water partition coefficient (Wildman–Crippen LogP) is 1.61. The maximum atomic E-state index is 12.7. The third-order valence-electron chi connectivity index (χ3n) is 4.89. The molecule has 0 unspecified atom stereocenters. The highest BCUT2D eigenvalue weighted by molar-refractivity contribution is 7.07. The fourth-order valence-electron chi connectivity index (χ4n) is 2.80. The molecule has 1 aromatic heterocycles. The van der Waals surface area contributed by atoms with Crippen molar-refractivity contribution in [1.82, 2.24) is 9.47 Å². The molecule has 2 N–H and O–H groups in total. The van der Waals surface area contributed by atoms with Gasteiger partial charge in [-0.05, 0) is 52.9 Å². The van der Waals surface area contributed by atoms with Crippen molar-refractivity contribution in [2.24, 2.45) is 0 Å². The molecule has 184 valence electrons. The molecule has 2 aromatic rings. The molecular weight excluding hydrogens is 466 g/mol. The zero-order valence-electron chi connectivity index (χ0n) is 20.5. The first-order valence-electron chi connectivity index (χ1n) is 11.1. The van der Waals surface area contributed by atoms with E-state index in [0.717, 1.165) is 11.3 Å². The Morgan fingerprint density at radius 1 is 1.29 bits per heavy atom.